The number of hydrogen-bond donors (Lipinski definition) is 0. The van der Waals surface area contributed by atoms with Crippen LogP contribution in [0.2, 0.25) is 0 Å². The second-order valence-electron chi connectivity index (χ2n) is 3.93. The fourth-order valence-electron chi connectivity index (χ4n) is 1.90. The van der Waals surface area contributed by atoms with Gasteiger partial charge in [0.2, 0.25) is 0 Å². The van der Waals surface area contributed by atoms with Gasteiger partial charge < -0.3 is 4.40 Å². The Morgan fingerprint density at radius 3 is 2.93 bits per heavy atom. The van der Waals surface area contributed by atoms with Gasteiger partial charge in [-0.15, -0.1) is 0 Å². The summed E-state index contributed by atoms with van der Waals surface area (Å²) >= 11 is 2.34. The minimum atomic E-state index is 0.743. The van der Waals surface area contributed by atoms with Crippen LogP contribution in [0.5, 0.6) is 0 Å². The summed E-state index contributed by atoms with van der Waals surface area (Å²) in [5.74, 6) is 0.743. The first kappa shape index (κ1) is 8.71. The third-order valence-electron chi connectivity index (χ3n) is 2.82. The molecule has 0 aliphatic heterocycles. The average molecular weight is 298 g/mol. The quantitative estimate of drug-likeness (QED) is 0.739. The van der Waals surface area contributed by atoms with Crippen LogP contribution in [-0.4, -0.2) is 9.38 Å². The van der Waals surface area contributed by atoms with Crippen LogP contribution >= 0.6 is 22.6 Å². The van der Waals surface area contributed by atoms with Crippen molar-refractivity contribution in [2.75, 3.05) is 0 Å². The summed E-state index contributed by atoms with van der Waals surface area (Å²) in [6, 6.07) is 4.21. The third-order valence-corrected chi connectivity index (χ3v) is 3.46. The Balaban J connectivity index is 2.29. The second kappa shape index (κ2) is 2.95. The lowest BCUT2D eigenvalue weighted by atomic mass is 10.2. The molecule has 0 aromatic carbocycles. The number of pyridine rings is 1. The molecule has 0 N–H and O–H groups in total. The molecular weight excluding hydrogens is 287 g/mol. The lowest BCUT2D eigenvalue weighted by molar-refractivity contribution is 1.01. The molecule has 2 aromatic rings. The predicted octanol–water partition coefficient (Wildman–Crippen LogP) is 3.12. The number of nitrogens with zero attached hydrogens (tertiary/aromatic N) is 2. The molecule has 2 aromatic heterocycles. The number of aromatic nitrogens is 2. The van der Waals surface area contributed by atoms with Gasteiger partial charge in [-0.05, 0) is 54.5 Å². The zero-order valence-corrected chi connectivity index (χ0v) is 10.2. The lowest BCUT2D eigenvalue weighted by Crippen LogP contribution is -1.89. The molecule has 72 valence electrons. The van der Waals surface area contributed by atoms with E-state index in [0.717, 1.165) is 11.6 Å². The van der Waals surface area contributed by atoms with Gasteiger partial charge in [-0.3, -0.25) is 0 Å². The second-order valence-corrected chi connectivity index (χ2v) is 5.18. The Kier molecular flexibility index (Phi) is 1.84. The van der Waals surface area contributed by atoms with E-state index in [1.165, 1.54) is 27.8 Å². The lowest BCUT2D eigenvalue weighted by Gasteiger charge is -1.97. The normalized spacial score (nSPS) is 16.4. The highest BCUT2D eigenvalue weighted by atomic mass is 127. The number of aryl methyl sites for hydroxylation is 1. The predicted molar refractivity (Wildman–Crippen MR) is 64.6 cm³/mol. The third kappa shape index (κ3) is 1.26. The van der Waals surface area contributed by atoms with Crippen LogP contribution in [-0.2, 0) is 0 Å². The first-order valence-corrected chi connectivity index (χ1v) is 5.97. The van der Waals surface area contributed by atoms with Crippen molar-refractivity contribution in [3.8, 4) is 0 Å². The van der Waals surface area contributed by atoms with Crippen molar-refractivity contribution in [1.82, 2.24) is 9.38 Å². The van der Waals surface area contributed by atoms with Gasteiger partial charge in [-0.2, -0.15) is 0 Å². The molecule has 0 unspecified atom stereocenters. The van der Waals surface area contributed by atoms with Crippen molar-refractivity contribution in [2.24, 2.45) is 0 Å². The van der Waals surface area contributed by atoms with E-state index in [1.54, 1.807) is 0 Å². The van der Waals surface area contributed by atoms with Gasteiger partial charge in [0.25, 0.3) is 0 Å². The van der Waals surface area contributed by atoms with Crippen molar-refractivity contribution in [3.63, 3.8) is 0 Å². The number of halogens is 1. The van der Waals surface area contributed by atoms with Crippen LogP contribution in [0.3, 0.4) is 0 Å². The number of hydrogen-bond acceptors (Lipinski definition) is 1. The molecule has 1 fully saturated rings. The monoisotopic (exact) mass is 298 g/mol. The van der Waals surface area contributed by atoms with Crippen LogP contribution < -0.4 is 0 Å². The zero-order chi connectivity index (χ0) is 9.71. The van der Waals surface area contributed by atoms with Crippen molar-refractivity contribution >= 4 is 28.2 Å². The van der Waals surface area contributed by atoms with Crippen molar-refractivity contribution in [2.45, 2.75) is 25.7 Å². The highest BCUT2D eigenvalue weighted by molar-refractivity contribution is 14.1. The highest BCUT2D eigenvalue weighted by Gasteiger charge is 2.28. The number of fused-ring (bicyclic) bond motifs is 1. The summed E-state index contributed by atoms with van der Waals surface area (Å²) in [6.07, 6.45) is 4.80. The molecule has 2 heterocycles. The standard InChI is InChI=1S/C11H11IN2/c1-7-11(8-2-3-8)13-10-5-4-9(12)6-14(7)10/h4-6,8H,2-3H2,1H3. The Labute approximate surface area is 96.5 Å². The maximum atomic E-state index is 4.68. The maximum absolute atomic E-state index is 4.68. The minimum Gasteiger partial charge on any atom is -0.303 e. The molecule has 1 aliphatic carbocycles. The van der Waals surface area contributed by atoms with Gasteiger partial charge in [-0.1, -0.05) is 0 Å². The number of imidazole rings is 1. The van der Waals surface area contributed by atoms with E-state index < -0.39 is 0 Å². The minimum absolute atomic E-state index is 0.743. The molecule has 3 rings (SSSR count). The van der Waals surface area contributed by atoms with Gasteiger partial charge >= 0.3 is 0 Å². The molecule has 1 aliphatic rings. The van der Waals surface area contributed by atoms with Gasteiger partial charge in [0.05, 0.1) is 5.69 Å². The van der Waals surface area contributed by atoms with E-state index in [4.69, 9.17) is 0 Å². The first-order chi connectivity index (χ1) is 6.75. The molecule has 0 bridgehead atoms. The molecule has 3 heteroatoms. The van der Waals surface area contributed by atoms with Gasteiger partial charge in [0.1, 0.15) is 5.65 Å². The highest BCUT2D eigenvalue weighted by Crippen LogP contribution is 2.41. The molecule has 0 amide bonds. The Bertz CT molecular complexity index is 497. The maximum Gasteiger partial charge on any atom is 0.137 e. The molecule has 14 heavy (non-hydrogen) atoms. The van der Waals surface area contributed by atoms with Crippen molar-refractivity contribution < 1.29 is 0 Å². The van der Waals surface area contributed by atoms with Crippen LogP contribution in [0.15, 0.2) is 18.3 Å². The van der Waals surface area contributed by atoms with Crippen LogP contribution in [0.25, 0.3) is 5.65 Å². The van der Waals surface area contributed by atoms with Crippen LogP contribution in [0, 0.1) is 10.5 Å². The summed E-state index contributed by atoms with van der Waals surface area (Å²) in [6.45, 7) is 2.17. The van der Waals surface area contributed by atoms with Crippen molar-refractivity contribution in [3.05, 3.63) is 33.3 Å². The fraction of sp³-hybridized carbons (Fsp3) is 0.364. The van der Waals surface area contributed by atoms with E-state index >= 15 is 0 Å². The SMILES string of the molecule is Cc1c(C2CC2)nc2ccc(I)cn12. The topological polar surface area (TPSA) is 17.3 Å². The fourth-order valence-corrected chi connectivity index (χ4v) is 2.36. The van der Waals surface area contributed by atoms with E-state index in [9.17, 15) is 0 Å². The molecule has 0 radical (unpaired) electrons. The summed E-state index contributed by atoms with van der Waals surface area (Å²) in [4.78, 5) is 4.68. The Morgan fingerprint density at radius 1 is 1.43 bits per heavy atom. The summed E-state index contributed by atoms with van der Waals surface area (Å²) in [5.41, 5.74) is 3.72. The average Bonchev–Trinajstić information content (AvgIpc) is 2.95. The number of rotatable bonds is 1. The van der Waals surface area contributed by atoms with E-state index in [1.807, 2.05) is 0 Å². The smallest absolute Gasteiger partial charge is 0.137 e. The summed E-state index contributed by atoms with van der Waals surface area (Å²) < 4.78 is 3.47. The molecule has 2 nitrogen and oxygen atoms in total. The molecular formula is C11H11IN2. The van der Waals surface area contributed by atoms with Gasteiger partial charge in [-0.25, -0.2) is 4.98 Å². The van der Waals surface area contributed by atoms with Crippen LogP contribution in [0.1, 0.15) is 30.1 Å². The molecule has 0 spiro atoms. The molecule has 0 atom stereocenters. The van der Waals surface area contributed by atoms with E-state index in [0.29, 0.717) is 0 Å². The summed E-state index contributed by atoms with van der Waals surface area (Å²) in [5, 5.41) is 0. The van der Waals surface area contributed by atoms with E-state index in [-0.39, 0.29) is 0 Å². The Morgan fingerprint density at radius 2 is 2.21 bits per heavy atom. The first-order valence-electron chi connectivity index (χ1n) is 4.90. The molecule has 1 saturated carbocycles. The zero-order valence-electron chi connectivity index (χ0n) is 8.00. The van der Waals surface area contributed by atoms with Gasteiger partial charge in [0.15, 0.2) is 0 Å². The van der Waals surface area contributed by atoms with Gasteiger partial charge in [0, 0.05) is 21.4 Å². The largest absolute Gasteiger partial charge is 0.303 e. The van der Waals surface area contributed by atoms with E-state index in [2.05, 4.69) is 57.2 Å². The summed E-state index contributed by atoms with van der Waals surface area (Å²) in [7, 11) is 0. The Hall–Kier alpha value is -0.580. The van der Waals surface area contributed by atoms with Crippen LogP contribution in [0.4, 0.5) is 0 Å². The molecule has 0 saturated heterocycles. The van der Waals surface area contributed by atoms with Crippen molar-refractivity contribution in [1.29, 1.82) is 0 Å².